The van der Waals surface area contributed by atoms with Gasteiger partial charge in [0.15, 0.2) is 0 Å². The first-order chi connectivity index (χ1) is 15.8. The molecular formula is C26H29ClN2O3S. The number of nitrogens with zero attached hydrogens (tertiary/aromatic N) is 1. The van der Waals surface area contributed by atoms with Gasteiger partial charge in [-0.05, 0) is 65.8 Å². The number of piperidine rings is 1. The smallest absolute Gasteiger partial charge is 0.243 e. The summed E-state index contributed by atoms with van der Waals surface area (Å²) in [5.74, 6) is -0.300. The molecule has 1 fully saturated rings. The Morgan fingerprint density at radius 3 is 2.36 bits per heavy atom. The minimum Gasteiger partial charge on any atom is -0.325 e. The molecule has 0 atom stereocenters. The Bertz CT molecular complexity index is 1280. The number of rotatable bonds is 6. The zero-order chi connectivity index (χ0) is 23.6. The molecule has 3 aromatic carbocycles. The number of fused-ring (bicyclic) bond motifs is 1. The van der Waals surface area contributed by atoms with E-state index in [1.54, 1.807) is 12.1 Å². The minimum absolute atomic E-state index is 0.0654. The number of nitrogens with one attached hydrogen (secondary N) is 1. The third kappa shape index (κ3) is 4.79. The highest BCUT2D eigenvalue weighted by atomic mass is 35.5. The second-order valence-corrected chi connectivity index (χ2v) is 10.8. The Morgan fingerprint density at radius 2 is 1.70 bits per heavy atom. The maximum atomic E-state index is 13.2. The summed E-state index contributed by atoms with van der Waals surface area (Å²) in [4.78, 5) is 13.4. The van der Waals surface area contributed by atoms with E-state index in [0.717, 1.165) is 40.4 Å². The highest BCUT2D eigenvalue weighted by molar-refractivity contribution is 7.89. The fourth-order valence-corrected chi connectivity index (χ4v) is 6.32. The fraction of sp³-hybridized carbons (Fsp3) is 0.346. The number of sulfonamides is 1. The van der Waals surface area contributed by atoms with Gasteiger partial charge in [-0.15, -0.1) is 0 Å². The van der Waals surface area contributed by atoms with E-state index >= 15 is 0 Å². The van der Waals surface area contributed by atoms with E-state index in [2.05, 4.69) is 12.2 Å². The second-order valence-electron chi connectivity index (χ2n) is 8.44. The van der Waals surface area contributed by atoms with Gasteiger partial charge in [-0.2, -0.15) is 4.31 Å². The van der Waals surface area contributed by atoms with Gasteiger partial charge in [0.2, 0.25) is 15.9 Å². The predicted molar refractivity (Wildman–Crippen MR) is 134 cm³/mol. The first kappa shape index (κ1) is 23.7. The van der Waals surface area contributed by atoms with E-state index in [1.807, 2.05) is 49.4 Å². The third-order valence-electron chi connectivity index (χ3n) is 6.51. The topological polar surface area (TPSA) is 66.5 Å². The first-order valence-electron chi connectivity index (χ1n) is 11.4. The van der Waals surface area contributed by atoms with Crippen LogP contribution in [0, 0.1) is 5.92 Å². The molecule has 33 heavy (non-hydrogen) atoms. The summed E-state index contributed by atoms with van der Waals surface area (Å²) in [6.07, 6.45) is 2.50. The number of amides is 1. The number of carbonyl (C=O) groups is 1. The van der Waals surface area contributed by atoms with Gasteiger partial charge in [-0.3, -0.25) is 4.79 Å². The molecule has 0 spiro atoms. The number of hydrogen-bond donors (Lipinski definition) is 1. The maximum absolute atomic E-state index is 13.2. The third-order valence-corrected chi connectivity index (χ3v) is 8.76. The van der Waals surface area contributed by atoms with Crippen molar-refractivity contribution in [3.63, 3.8) is 0 Å². The Morgan fingerprint density at radius 1 is 1.00 bits per heavy atom. The molecule has 0 bridgehead atoms. The van der Waals surface area contributed by atoms with Crippen molar-refractivity contribution in [2.24, 2.45) is 5.92 Å². The van der Waals surface area contributed by atoms with Gasteiger partial charge in [0.05, 0.1) is 4.90 Å². The molecule has 3 aromatic rings. The molecule has 0 aliphatic carbocycles. The number of halogens is 1. The van der Waals surface area contributed by atoms with Crippen molar-refractivity contribution in [3.8, 4) is 0 Å². The Hall–Kier alpha value is -2.41. The lowest BCUT2D eigenvalue weighted by atomic mass is 9.96. The Balaban J connectivity index is 1.46. The number of benzene rings is 3. The molecule has 0 aromatic heterocycles. The van der Waals surface area contributed by atoms with Crippen molar-refractivity contribution in [3.05, 3.63) is 70.7 Å². The monoisotopic (exact) mass is 484 g/mol. The van der Waals surface area contributed by atoms with Crippen LogP contribution in [-0.2, 0) is 27.7 Å². The summed E-state index contributed by atoms with van der Waals surface area (Å²) >= 11 is 6.37. The standard InChI is InChI=1S/C26H29ClN2O3S/c1-3-18-10-12-24(27)23(4-2)25(18)28-26(30)20-13-15-29(16-14-20)33(31,32)22-11-9-19-7-5-6-8-21(19)17-22/h5-12,17,20H,3-4,13-16H2,1-2H3,(H,28,30). The van der Waals surface area contributed by atoms with E-state index in [-0.39, 0.29) is 11.8 Å². The largest absolute Gasteiger partial charge is 0.325 e. The molecule has 0 saturated carbocycles. The summed E-state index contributed by atoms with van der Waals surface area (Å²) < 4.78 is 27.9. The average molecular weight is 485 g/mol. The lowest BCUT2D eigenvalue weighted by Gasteiger charge is -2.31. The molecule has 7 heteroatoms. The van der Waals surface area contributed by atoms with Crippen molar-refractivity contribution >= 4 is 44.0 Å². The second kappa shape index (κ2) is 9.84. The van der Waals surface area contributed by atoms with E-state index in [0.29, 0.717) is 35.8 Å². The number of carbonyl (C=O) groups excluding carboxylic acids is 1. The molecule has 1 heterocycles. The highest BCUT2D eigenvalue weighted by Crippen LogP contribution is 2.31. The molecule has 5 nitrogen and oxygen atoms in total. The lowest BCUT2D eigenvalue weighted by Crippen LogP contribution is -2.41. The maximum Gasteiger partial charge on any atom is 0.243 e. The van der Waals surface area contributed by atoms with Crippen LogP contribution in [0.3, 0.4) is 0 Å². The summed E-state index contributed by atoms with van der Waals surface area (Å²) in [6, 6.07) is 16.8. The SMILES string of the molecule is CCc1ccc(Cl)c(CC)c1NC(=O)C1CCN(S(=O)(=O)c2ccc3ccccc3c2)CC1. The van der Waals surface area contributed by atoms with Crippen LogP contribution in [0.5, 0.6) is 0 Å². The Kier molecular flexibility index (Phi) is 7.07. The summed E-state index contributed by atoms with van der Waals surface area (Å²) in [5.41, 5.74) is 2.81. The van der Waals surface area contributed by atoms with Crippen molar-refractivity contribution in [2.75, 3.05) is 18.4 Å². The van der Waals surface area contributed by atoms with E-state index in [1.165, 1.54) is 4.31 Å². The molecule has 1 aliphatic rings. The Labute approximate surface area is 200 Å². The normalized spacial score (nSPS) is 15.6. The zero-order valence-corrected chi connectivity index (χ0v) is 20.5. The van der Waals surface area contributed by atoms with Crippen LogP contribution in [0.15, 0.2) is 59.5 Å². The van der Waals surface area contributed by atoms with E-state index in [4.69, 9.17) is 11.6 Å². The van der Waals surface area contributed by atoms with Crippen molar-refractivity contribution in [2.45, 2.75) is 44.4 Å². The molecule has 0 unspecified atom stereocenters. The highest BCUT2D eigenvalue weighted by Gasteiger charge is 2.32. The van der Waals surface area contributed by atoms with E-state index < -0.39 is 10.0 Å². The molecule has 1 aliphatic heterocycles. The van der Waals surface area contributed by atoms with Crippen molar-refractivity contribution in [1.82, 2.24) is 4.31 Å². The minimum atomic E-state index is -3.60. The fourth-order valence-electron chi connectivity index (χ4n) is 4.53. The lowest BCUT2D eigenvalue weighted by molar-refractivity contribution is -0.120. The van der Waals surface area contributed by atoms with Crippen LogP contribution in [-0.4, -0.2) is 31.7 Å². The molecule has 0 radical (unpaired) electrons. The first-order valence-corrected chi connectivity index (χ1v) is 13.3. The molecule has 4 rings (SSSR count). The van der Waals surface area contributed by atoms with Gasteiger partial charge in [0, 0.05) is 29.7 Å². The van der Waals surface area contributed by atoms with Gasteiger partial charge >= 0.3 is 0 Å². The molecule has 1 N–H and O–H groups in total. The van der Waals surface area contributed by atoms with Crippen LogP contribution in [0.1, 0.15) is 37.8 Å². The zero-order valence-electron chi connectivity index (χ0n) is 19.0. The van der Waals surface area contributed by atoms with Gasteiger partial charge in [-0.25, -0.2) is 8.42 Å². The molecule has 1 saturated heterocycles. The van der Waals surface area contributed by atoms with Crippen LogP contribution < -0.4 is 5.32 Å². The summed E-state index contributed by atoms with van der Waals surface area (Å²) in [6.45, 7) is 4.72. The molecule has 1 amide bonds. The van der Waals surface area contributed by atoms with Crippen molar-refractivity contribution < 1.29 is 13.2 Å². The van der Waals surface area contributed by atoms with Crippen LogP contribution >= 0.6 is 11.6 Å². The quantitative estimate of drug-likeness (QED) is 0.491. The predicted octanol–water partition coefficient (Wildman–Crippen LogP) is 5.66. The van der Waals surface area contributed by atoms with E-state index in [9.17, 15) is 13.2 Å². The van der Waals surface area contributed by atoms with Gasteiger partial charge < -0.3 is 5.32 Å². The van der Waals surface area contributed by atoms with Crippen LogP contribution in [0.25, 0.3) is 10.8 Å². The average Bonchev–Trinajstić information content (AvgIpc) is 2.84. The number of anilines is 1. The number of hydrogen-bond acceptors (Lipinski definition) is 3. The van der Waals surface area contributed by atoms with Gasteiger partial charge in [0.25, 0.3) is 0 Å². The van der Waals surface area contributed by atoms with Crippen LogP contribution in [0.4, 0.5) is 5.69 Å². The van der Waals surface area contributed by atoms with Gasteiger partial charge in [-0.1, -0.05) is 61.8 Å². The summed E-state index contributed by atoms with van der Waals surface area (Å²) in [7, 11) is -3.60. The van der Waals surface area contributed by atoms with Gasteiger partial charge in [0.1, 0.15) is 0 Å². The number of aryl methyl sites for hydroxylation is 1. The summed E-state index contributed by atoms with van der Waals surface area (Å²) in [5, 5.41) is 5.66. The van der Waals surface area contributed by atoms with Crippen LogP contribution in [0.2, 0.25) is 5.02 Å². The molecule has 174 valence electrons. The van der Waals surface area contributed by atoms with Crippen molar-refractivity contribution in [1.29, 1.82) is 0 Å². The molecular weight excluding hydrogens is 456 g/mol.